The maximum Gasteiger partial charge on any atom is 0.472 e. The Kier molecular flexibility index (Phi) is 72.6. The fourth-order valence-corrected chi connectivity index (χ4v) is 12.3. The van der Waals surface area contributed by atoms with Crippen molar-refractivity contribution in [3.63, 3.8) is 0 Å². The smallest absolute Gasteiger partial charge is 0.463 e. The van der Waals surface area contributed by atoms with E-state index < -0.39 is 91.5 Å². The van der Waals surface area contributed by atoms with Crippen molar-refractivity contribution in [1.82, 2.24) is 0 Å². The summed E-state index contributed by atoms with van der Waals surface area (Å²) >= 11 is 0. The lowest BCUT2D eigenvalue weighted by atomic mass is 10.0. The number of phosphoric acid groups is 2. The van der Waals surface area contributed by atoms with E-state index in [1.165, 1.54) is 116 Å². The molecule has 0 saturated carbocycles. The molecule has 0 saturated heterocycles. The van der Waals surface area contributed by atoms with Crippen LogP contribution in [-0.2, 0) is 55.8 Å². The van der Waals surface area contributed by atoms with Crippen LogP contribution in [0, 0.1) is 0 Å². The van der Waals surface area contributed by atoms with Crippen LogP contribution in [0.25, 0.3) is 0 Å². The van der Waals surface area contributed by atoms with Gasteiger partial charge in [0.25, 0.3) is 0 Å². The van der Waals surface area contributed by atoms with E-state index in [0.29, 0.717) is 19.3 Å². The van der Waals surface area contributed by atoms with E-state index in [-0.39, 0.29) is 19.3 Å². The largest absolute Gasteiger partial charge is 0.472 e. The normalized spacial score (nSPS) is 14.6. The van der Waals surface area contributed by atoms with Crippen molar-refractivity contribution < 1.29 is 75.8 Å². The molecule has 0 aromatic heterocycles. The van der Waals surface area contributed by atoms with Crippen molar-refractivity contribution in [2.24, 2.45) is 0 Å². The van der Waals surface area contributed by atoms with Gasteiger partial charge in [-0.15, -0.1) is 0 Å². The lowest BCUT2D eigenvalue weighted by Gasteiger charge is -2.21. The van der Waals surface area contributed by atoms with Crippen LogP contribution in [-0.4, -0.2) is 95.9 Å². The molecular formula is C83H144O16P2. The Morgan fingerprint density at radius 2 is 0.525 bits per heavy atom. The van der Waals surface area contributed by atoms with Gasteiger partial charge in [0.05, 0.1) is 26.4 Å². The third-order valence-electron chi connectivity index (χ3n) is 16.7. The molecule has 0 spiro atoms. The standard InChI is InChI=1S/C83H144O16P2/c1-4-7-10-13-16-19-22-25-28-30-32-34-36-38-40-42-44-46-49-51-54-57-60-63-66-69-81(86)93-72-78(84)73-95-100(89,90)96-74-79(85)75-97-101(91,92)98-77-80(99-83(88)71-68-65-62-59-56-53-48-27-24-21-18-15-12-9-6-3)76-94-82(87)70-67-64-61-58-55-52-50-47-45-43-41-39-37-35-33-31-29-26-23-20-17-14-11-8-5-2/h7-8,10-11,16-17,19-20,25-26,28-29,32-35,38-41,78-80,84-85H,4-6,9,12-15,18,21-24,27,30-31,36-37,42-77H2,1-3H3,(H,89,90)(H,91,92)/b10-7-,11-8-,19-16-,20-17-,28-25-,29-26-,34-32-,35-33-,40-38-,41-39-. The SMILES string of the molecule is CC/C=C\C/C=C\C/C=C\C/C=C\C/C=C\CCCCCCCCCCCC(=O)OCC(O)COP(=O)(O)OCC(O)COP(=O)(O)OCC(COC(=O)CCCCCCCCCCC/C=C\C/C=C\C/C=C\C/C=C\C/C=C\CC)OC(=O)CCCCCCCCCCCCCCCCC. The summed E-state index contributed by atoms with van der Waals surface area (Å²) in [6.07, 6.45) is 89.5. The van der Waals surface area contributed by atoms with E-state index in [9.17, 15) is 43.5 Å². The van der Waals surface area contributed by atoms with Gasteiger partial charge in [0.1, 0.15) is 25.4 Å². The van der Waals surface area contributed by atoms with Gasteiger partial charge in [-0.25, -0.2) is 9.13 Å². The van der Waals surface area contributed by atoms with Gasteiger partial charge in [0.15, 0.2) is 6.10 Å². The average molecular weight is 1460 g/mol. The van der Waals surface area contributed by atoms with E-state index in [1.807, 2.05) is 0 Å². The molecular weight excluding hydrogens is 1310 g/mol. The molecule has 18 heteroatoms. The van der Waals surface area contributed by atoms with Crippen LogP contribution in [0.3, 0.4) is 0 Å². The van der Waals surface area contributed by atoms with Crippen molar-refractivity contribution in [1.29, 1.82) is 0 Å². The van der Waals surface area contributed by atoms with Gasteiger partial charge in [-0.05, 0) is 109 Å². The van der Waals surface area contributed by atoms with E-state index in [1.54, 1.807) is 0 Å². The zero-order chi connectivity index (χ0) is 73.7. The number of ether oxygens (including phenoxy) is 3. The summed E-state index contributed by atoms with van der Waals surface area (Å²) in [7, 11) is -9.79. The van der Waals surface area contributed by atoms with Gasteiger partial charge in [0, 0.05) is 19.3 Å². The van der Waals surface area contributed by atoms with Crippen molar-refractivity contribution in [3.8, 4) is 0 Å². The lowest BCUT2D eigenvalue weighted by molar-refractivity contribution is -0.161. The van der Waals surface area contributed by atoms with Crippen LogP contribution in [0.2, 0.25) is 0 Å². The van der Waals surface area contributed by atoms with Crippen molar-refractivity contribution in [3.05, 3.63) is 122 Å². The second-order valence-electron chi connectivity index (χ2n) is 26.5. The van der Waals surface area contributed by atoms with Gasteiger partial charge < -0.3 is 34.2 Å². The summed E-state index contributed by atoms with van der Waals surface area (Å²) in [6.45, 7) is 2.48. The predicted octanol–water partition coefficient (Wildman–Crippen LogP) is 23.3. The number of aliphatic hydroxyl groups excluding tert-OH is 2. The summed E-state index contributed by atoms with van der Waals surface area (Å²) in [5.41, 5.74) is 0. The van der Waals surface area contributed by atoms with Crippen LogP contribution < -0.4 is 0 Å². The maximum atomic E-state index is 13.0. The predicted molar refractivity (Wildman–Crippen MR) is 417 cm³/mol. The van der Waals surface area contributed by atoms with Gasteiger partial charge in [-0.3, -0.25) is 32.5 Å². The summed E-state index contributed by atoms with van der Waals surface area (Å²) < 4.78 is 61.2. The number of esters is 3. The zero-order valence-electron chi connectivity index (χ0n) is 63.5. The number of phosphoric ester groups is 2. The Bertz CT molecular complexity index is 2320. The van der Waals surface area contributed by atoms with Crippen molar-refractivity contribution >= 4 is 33.6 Å². The Labute approximate surface area is 614 Å². The first-order valence-corrected chi connectivity index (χ1v) is 42.8. The molecule has 582 valence electrons. The first-order valence-electron chi connectivity index (χ1n) is 39.8. The molecule has 0 aliphatic carbocycles. The van der Waals surface area contributed by atoms with E-state index in [0.717, 1.165) is 154 Å². The number of allylic oxidation sites excluding steroid dienone is 20. The number of carbonyl (C=O) groups excluding carboxylic acids is 3. The zero-order valence-corrected chi connectivity index (χ0v) is 65.3. The van der Waals surface area contributed by atoms with Gasteiger partial charge in [0.2, 0.25) is 0 Å². The molecule has 0 bridgehead atoms. The fraction of sp³-hybridized carbons (Fsp3) is 0.723. The van der Waals surface area contributed by atoms with Crippen molar-refractivity contribution in [2.45, 2.75) is 347 Å². The van der Waals surface area contributed by atoms with Crippen LogP contribution in [0.4, 0.5) is 0 Å². The molecule has 0 fully saturated rings. The number of carbonyl (C=O) groups is 3. The lowest BCUT2D eigenvalue weighted by Crippen LogP contribution is -2.30. The number of rotatable bonds is 75. The van der Waals surface area contributed by atoms with E-state index >= 15 is 0 Å². The average Bonchev–Trinajstić information content (AvgIpc) is 1.19. The van der Waals surface area contributed by atoms with E-state index in [4.69, 9.17) is 32.3 Å². The molecule has 16 nitrogen and oxygen atoms in total. The summed E-state index contributed by atoms with van der Waals surface area (Å²) in [6, 6.07) is 0. The fourth-order valence-electron chi connectivity index (χ4n) is 10.7. The maximum absolute atomic E-state index is 13.0. The topological polar surface area (TPSA) is 231 Å². The van der Waals surface area contributed by atoms with Gasteiger partial charge >= 0.3 is 33.6 Å². The highest BCUT2D eigenvalue weighted by Gasteiger charge is 2.29. The summed E-state index contributed by atoms with van der Waals surface area (Å²) in [5.74, 6) is -1.58. The highest BCUT2D eigenvalue weighted by molar-refractivity contribution is 7.47. The van der Waals surface area contributed by atoms with Crippen LogP contribution in [0.5, 0.6) is 0 Å². The number of unbranched alkanes of at least 4 members (excludes halogenated alkanes) is 32. The molecule has 5 unspecified atom stereocenters. The molecule has 5 atom stereocenters. The molecule has 0 aromatic carbocycles. The summed E-state index contributed by atoms with van der Waals surface area (Å²) in [5, 5.41) is 20.6. The Balaban J connectivity index is 4.59. The Hall–Kier alpha value is -4.05. The molecule has 0 rings (SSSR count). The molecule has 4 N–H and O–H groups in total. The third kappa shape index (κ3) is 76.9. The molecule has 0 radical (unpaired) electrons. The van der Waals surface area contributed by atoms with Crippen molar-refractivity contribution in [2.75, 3.05) is 39.6 Å². The minimum atomic E-state index is -4.93. The molecule has 0 heterocycles. The Morgan fingerprint density at radius 1 is 0.287 bits per heavy atom. The minimum absolute atomic E-state index is 0.105. The summed E-state index contributed by atoms with van der Waals surface area (Å²) in [4.78, 5) is 58.7. The highest BCUT2D eigenvalue weighted by atomic mass is 31.2. The molecule has 0 amide bonds. The molecule has 101 heavy (non-hydrogen) atoms. The van der Waals surface area contributed by atoms with Crippen LogP contribution in [0.15, 0.2) is 122 Å². The molecule has 0 aliphatic heterocycles. The number of hydrogen-bond acceptors (Lipinski definition) is 14. The minimum Gasteiger partial charge on any atom is -0.463 e. The monoisotopic (exact) mass is 1460 g/mol. The van der Waals surface area contributed by atoms with Gasteiger partial charge in [-0.2, -0.15) is 0 Å². The first-order chi connectivity index (χ1) is 49.2. The van der Waals surface area contributed by atoms with Crippen LogP contribution in [0.1, 0.15) is 329 Å². The number of aliphatic hydroxyl groups is 2. The van der Waals surface area contributed by atoms with E-state index in [2.05, 4.69) is 142 Å². The third-order valence-corrected chi connectivity index (χ3v) is 18.6. The van der Waals surface area contributed by atoms with Gasteiger partial charge in [-0.1, -0.05) is 322 Å². The highest BCUT2D eigenvalue weighted by Crippen LogP contribution is 2.45. The first kappa shape index (κ1) is 97.0. The Morgan fingerprint density at radius 3 is 0.832 bits per heavy atom. The molecule has 0 aromatic rings. The molecule has 0 aliphatic rings. The second kappa shape index (κ2) is 75.6. The quantitative estimate of drug-likeness (QED) is 0.0146. The van der Waals surface area contributed by atoms with Crippen LogP contribution >= 0.6 is 15.6 Å². The second-order valence-corrected chi connectivity index (χ2v) is 29.4. The number of hydrogen-bond donors (Lipinski definition) is 4.